The first-order chi connectivity index (χ1) is 12.7. The lowest BCUT2D eigenvalue weighted by molar-refractivity contribution is -0.118. The van der Waals surface area contributed by atoms with Gasteiger partial charge in [0.05, 0.1) is 0 Å². The maximum atomic E-state index is 12.5. The van der Waals surface area contributed by atoms with Crippen molar-refractivity contribution in [3.8, 4) is 0 Å². The van der Waals surface area contributed by atoms with Crippen molar-refractivity contribution in [2.75, 3.05) is 23.7 Å². The zero-order valence-electron chi connectivity index (χ0n) is 15.7. The molecule has 1 spiro atoms. The number of halogens is 1. The third-order valence-electron chi connectivity index (χ3n) is 5.94. The minimum absolute atomic E-state index is 0. The molecule has 2 atom stereocenters. The zero-order chi connectivity index (χ0) is 18.0. The van der Waals surface area contributed by atoms with E-state index in [9.17, 15) is 4.79 Å². The summed E-state index contributed by atoms with van der Waals surface area (Å²) in [5.41, 5.74) is 3.47. The first kappa shape index (κ1) is 19.7. The molecule has 27 heavy (non-hydrogen) atoms. The average Bonchev–Trinajstić information content (AvgIpc) is 3.37. The highest BCUT2D eigenvalue weighted by Gasteiger charge is 2.57. The van der Waals surface area contributed by atoms with Gasteiger partial charge in [0.15, 0.2) is 0 Å². The summed E-state index contributed by atoms with van der Waals surface area (Å²) >= 11 is 0. The molecule has 2 fully saturated rings. The molecule has 4 rings (SSSR count). The molecule has 2 unspecified atom stereocenters. The van der Waals surface area contributed by atoms with E-state index in [4.69, 9.17) is 0 Å². The van der Waals surface area contributed by atoms with Crippen LogP contribution in [0.25, 0.3) is 0 Å². The molecular weight excluding hydrogens is 358 g/mol. The second-order valence-corrected chi connectivity index (χ2v) is 7.71. The second-order valence-electron chi connectivity index (χ2n) is 7.71. The Labute approximate surface area is 167 Å². The lowest BCUT2D eigenvalue weighted by atomic mass is 9.92. The fourth-order valence-electron chi connectivity index (χ4n) is 4.15. The molecule has 1 saturated heterocycles. The van der Waals surface area contributed by atoms with Crippen LogP contribution >= 0.6 is 12.4 Å². The van der Waals surface area contributed by atoms with Crippen LogP contribution in [0.5, 0.6) is 0 Å². The molecule has 0 aromatic heterocycles. The number of carbonyl (C=O) groups excluding carboxylic acids is 1. The number of anilines is 2. The third kappa shape index (κ3) is 4.45. The van der Waals surface area contributed by atoms with Crippen molar-refractivity contribution in [3.05, 3.63) is 60.2 Å². The van der Waals surface area contributed by atoms with Crippen LogP contribution in [0.15, 0.2) is 54.6 Å². The number of amides is 1. The number of piperidine rings is 1. The van der Waals surface area contributed by atoms with Gasteiger partial charge in [-0.05, 0) is 74.5 Å². The fraction of sp³-hybridized carbons (Fsp3) is 0.409. The summed E-state index contributed by atoms with van der Waals surface area (Å²) in [6.45, 7) is 4.24. The van der Waals surface area contributed by atoms with Crippen molar-refractivity contribution in [1.29, 1.82) is 0 Å². The Morgan fingerprint density at radius 2 is 1.67 bits per heavy atom. The average molecular weight is 386 g/mol. The predicted octanol–water partition coefficient (Wildman–Crippen LogP) is 4.61. The van der Waals surface area contributed by atoms with E-state index in [1.807, 2.05) is 30.3 Å². The van der Waals surface area contributed by atoms with E-state index in [-0.39, 0.29) is 35.7 Å². The van der Waals surface area contributed by atoms with Crippen molar-refractivity contribution in [3.63, 3.8) is 0 Å². The molecule has 5 heteroatoms. The Kier molecular flexibility index (Phi) is 6.08. The monoisotopic (exact) mass is 385 g/mol. The molecule has 1 amide bonds. The Morgan fingerprint density at radius 3 is 2.33 bits per heavy atom. The van der Waals surface area contributed by atoms with E-state index >= 15 is 0 Å². The standard InChI is InChI=1S/C22H27N3O.ClH/c1-16(17-5-3-2-4-6-17)24-18-7-9-19(10-8-18)25-21(26)20-15-22(20)11-13-23-14-12-22;/h2-10,16,20,23-24H,11-15H2,1H3,(H,25,26);1H. The molecule has 1 aliphatic heterocycles. The molecular formula is C22H28ClN3O. The Morgan fingerprint density at radius 1 is 1.04 bits per heavy atom. The number of benzene rings is 2. The number of rotatable bonds is 5. The van der Waals surface area contributed by atoms with E-state index in [0.29, 0.717) is 0 Å². The highest BCUT2D eigenvalue weighted by molar-refractivity contribution is 5.95. The van der Waals surface area contributed by atoms with E-state index in [1.54, 1.807) is 0 Å². The van der Waals surface area contributed by atoms with E-state index in [0.717, 1.165) is 43.7 Å². The summed E-state index contributed by atoms with van der Waals surface area (Å²) in [6, 6.07) is 18.6. The fourth-order valence-corrected chi connectivity index (χ4v) is 4.15. The van der Waals surface area contributed by atoms with Gasteiger partial charge in [0.2, 0.25) is 5.91 Å². The van der Waals surface area contributed by atoms with Gasteiger partial charge in [-0.3, -0.25) is 4.79 Å². The summed E-state index contributed by atoms with van der Waals surface area (Å²) in [5.74, 6) is 0.380. The lowest BCUT2D eigenvalue weighted by Gasteiger charge is -2.23. The van der Waals surface area contributed by atoms with Gasteiger partial charge in [-0.2, -0.15) is 0 Å². The van der Waals surface area contributed by atoms with Gasteiger partial charge in [-0.15, -0.1) is 12.4 Å². The minimum Gasteiger partial charge on any atom is -0.379 e. The van der Waals surface area contributed by atoms with Crippen LogP contribution in [0.3, 0.4) is 0 Å². The lowest BCUT2D eigenvalue weighted by Crippen LogP contribution is -2.31. The quantitative estimate of drug-likeness (QED) is 0.704. The number of hydrogen-bond acceptors (Lipinski definition) is 3. The van der Waals surface area contributed by atoms with Gasteiger partial charge < -0.3 is 16.0 Å². The Hall–Kier alpha value is -2.04. The molecule has 4 nitrogen and oxygen atoms in total. The van der Waals surface area contributed by atoms with Crippen molar-refractivity contribution in [2.45, 2.75) is 32.2 Å². The maximum Gasteiger partial charge on any atom is 0.228 e. The van der Waals surface area contributed by atoms with Gasteiger partial charge in [0.25, 0.3) is 0 Å². The molecule has 2 aromatic carbocycles. The Bertz CT molecular complexity index is 757. The molecule has 0 radical (unpaired) electrons. The highest BCUT2D eigenvalue weighted by Crippen LogP contribution is 2.58. The topological polar surface area (TPSA) is 53.2 Å². The first-order valence-electron chi connectivity index (χ1n) is 9.59. The van der Waals surface area contributed by atoms with Gasteiger partial charge in [-0.25, -0.2) is 0 Å². The van der Waals surface area contributed by atoms with Crippen molar-refractivity contribution in [1.82, 2.24) is 5.32 Å². The minimum atomic E-state index is 0. The normalized spacial score (nSPS) is 21.0. The van der Waals surface area contributed by atoms with Crippen molar-refractivity contribution >= 4 is 29.7 Å². The molecule has 1 heterocycles. The van der Waals surface area contributed by atoms with Gasteiger partial charge in [0, 0.05) is 23.3 Å². The number of nitrogens with one attached hydrogen (secondary N) is 3. The molecule has 2 aliphatic rings. The SMILES string of the molecule is CC(Nc1ccc(NC(=O)C2CC23CCNCC3)cc1)c1ccccc1.Cl. The van der Waals surface area contributed by atoms with Crippen LogP contribution in [0.1, 0.15) is 37.8 Å². The summed E-state index contributed by atoms with van der Waals surface area (Å²) in [6.07, 6.45) is 3.31. The molecule has 1 saturated carbocycles. The maximum absolute atomic E-state index is 12.5. The zero-order valence-corrected chi connectivity index (χ0v) is 16.5. The molecule has 1 aliphatic carbocycles. The van der Waals surface area contributed by atoms with Crippen LogP contribution < -0.4 is 16.0 Å². The van der Waals surface area contributed by atoms with Gasteiger partial charge in [-0.1, -0.05) is 30.3 Å². The van der Waals surface area contributed by atoms with Crippen LogP contribution in [-0.4, -0.2) is 19.0 Å². The van der Waals surface area contributed by atoms with Crippen LogP contribution in [0.2, 0.25) is 0 Å². The Balaban J connectivity index is 0.00000210. The van der Waals surface area contributed by atoms with Crippen molar-refractivity contribution < 1.29 is 4.79 Å². The second kappa shape index (κ2) is 8.32. The summed E-state index contributed by atoms with van der Waals surface area (Å²) in [4.78, 5) is 12.5. The summed E-state index contributed by atoms with van der Waals surface area (Å²) in [7, 11) is 0. The first-order valence-corrected chi connectivity index (χ1v) is 9.59. The van der Waals surface area contributed by atoms with E-state index < -0.39 is 0 Å². The highest BCUT2D eigenvalue weighted by atomic mass is 35.5. The third-order valence-corrected chi connectivity index (χ3v) is 5.94. The molecule has 2 aromatic rings. The van der Waals surface area contributed by atoms with E-state index in [1.165, 1.54) is 5.56 Å². The van der Waals surface area contributed by atoms with Gasteiger partial charge >= 0.3 is 0 Å². The predicted molar refractivity (Wildman–Crippen MR) is 113 cm³/mol. The van der Waals surface area contributed by atoms with Crippen LogP contribution in [0.4, 0.5) is 11.4 Å². The molecule has 0 bridgehead atoms. The number of carbonyl (C=O) groups is 1. The smallest absolute Gasteiger partial charge is 0.228 e. The van der Waals surface area contributed by atoms with Crippen LogP contribution in [-0.2, 0) is 4.79 Å². The van der Waals surface area contributed by atoms with E-state index in [2.05, 4.69) is 47.1 Å². The van der Waals surface area contributed by atoms with Crippen LogP contribution in [0, 0.1) is 11.3 Å². The summed E-state index contributed by atoms with van der Waals surface area (Å²) in [5, 5.41) is 9.99. The summed E-state index contributed by atoms with van der Waals surface area (Å²) < 4.78 is 0. The molecule has 3 N–H and O–H groups in total. The number of hydrogen-bond donors (Lipinski definition) is 3. The van der Waals surface area contributed by atoms with Crippen molar-refractivity contribution in [2.24, 2.45) is 11.3 Å². The van der Waals surface area contributed by atoms with Gasteiger partial charge in [0.1, 0.15) is 0 Å². The molecule has 144 valence electrons. The largest absolute Gasteiger partial charge is 0.379 e.